The van der Waals surface area contributed by atoms with Gasteiger partial charge in [-0.05, 0) is 33.3 Å². The zero-order chi connectivity index (χ0) is 16.0. The highest BCUT2D eigenvalue weighted by Crippen LogP contribution is 2.56. The lowest BCUT2D eigenvalue weighted by Gasteiger charge is -2.29. The zero-order valence-electron chi connectivity index (χ0n) is 13.0. The number of Topliss-reactive ketones (excluding diaryl/α,β-unsaturated/α-hetero) is 1. The van der Waals surface area contributed by atoms with Crippen molar-refractivity contribution in [1.29, 1.82) is 0 Å². The van der Waals surface area contributed by atoms with E-state index in [1.165, 1.54) is 6.92 Å². The standard InChI is InChI=1S/C15H24NO4P/c1-5-19-21(18,20-6-2)15(12(4)17)14(16)13-9-7-11(3)8-10-13/h7-10,14-15H,5-6,16H2,1-4H3. The van der Waals surface area contributed by atoms with Gasteiger partial charge >= 0.3 is 7.60 Å². The Morgan fingerprint density at radius 2 is 1.67 bits per heavy atom. The van der Waals surface area contributed by atoms with Crippen molar-refractivity contribution in [3.05, 3.63) is 35.4 Å². The quantitative estimate of drug-likeness (QED) is 0.745. The third-order valence-electron chi connectivity index (χ3n) is 3.18. The van der Waals surface area contributed by atoms with E-state index in [1.807, 2.05) is 31.2 Å². The lowest BCUT2D eigenvalue weighted by Crippen LogP contribution is -2.33. The summed E-state index contributed by atoms with van der Waals surface area (Å²) in [5, 5.41) is 0. The van der Waals surface area contributed by atoms with Gasteiger partial charge in [-0.2, -0.15) is 0 Å². The van der Waals surface area contributed by atoms with E-state index in [2.05, 4.69) is 0 Å². The largest absolute Gasteiger partial charge is 0.343 e. The van der Waals surface area contributed by atoms with Gasteiger partial charge in [0.1, 0.15) is 11.4 Å². The Bertz CT molecular complexity index is 505. The first-order valence-corrected chi connectivity index (χ1v) is 8.68. The van der Waals surface area contributed by atoms with Crippen molar-refractivity contribution in [1.82, 2.24) is 0 Å². The van der Waals surface area contributed by atoms with E-state index in [-0.39, 0.29) is 19.0 Å². The number of hydrogen-bond donors (Lipinski definition) is 1. The maximum absolute atomic E-state index is 12.9. The summed E-state index contributed by atoms with van der Waals surface area (Å²) in [6, 6.07) is 6.74. The van der Waals surface area contributed by atoms with Crippen LogP contribution < -0.4 is 5.73 Å². The van der Waals surface area contributed by atoms with E-state index in [0.29, 0.717) is 0 Å². The topological polar surface area (TPSA) is 78.6 Å². The molecule has 0 fully saturated rings. The second-order valence-electron chi connectivity index (χ2n) is 4.87. The minimum Gasteiger partial charge on any atom is -0.323 e. The van der Waals surface area contributed by atoms with Gasteiger partial charge in [0.25, 0.3) is 0 Å². The van der Waals surface area contributed by atoms with Crippen LogP contribution in [-0.4, -0.2) is 24.7 Å². The molecule has 1 aromatic carbocycles. The molecule has 6 heteroatoms. The van der Waals surface area contributed by atoms with Gasteiger partial charge in [-0.3, -0.25) is 9.36 Å². The van der Waals surface area contributed by atoms with Crippen molar-refractivity contribution in [2.45, 2.75) is 39.4 Å². The van der Waals surface area contributed by atoms with Crippen LogP contribution in [0.3, 0.4) is 0 Å². The third-order valence-corrected chi connectivity index (χ3v) is 5.78. The lowest BCUT2D eigenvalue weighted by atomic mass is 10.0. The molecular formula is C15H24NO4P. The summed E-state index contributed by atoms with van der Waals surface area (Å²) in [5.74, 6) is -0.298. The number of hydrogen-bond acceptors (Lipinski definition) is 5. The van der Waals surface area contributed by atoms with Crippen molar-refractivity contribution < 1.29 is 18.4 Å². The van der Waals surface area contributed by atoms with Crippen LogP contribution >= 0.6 is 7.60 Å². The smallest absolute Gasteiger partial charge is 0.323 e. The number of benzene rings is 1. The molecule has 0 amide bonds. The summed E-state index contributed by atoms with van der Waals surface area (Å²) in [6.45, 7) is 7.14. The summed E-state index contributed by atoms with van der Waals surface area (Å²) in [7, 11) is -3.59. The average Bonchev–Trinajstić information content (AvgIpc) is 2.39. The molecule has 0 saturated heterocycles. The summed E-state index contributed by atoms with van der Waals surface area (Å²) in [6.07, 6.45) is 0. The molecular weight excluding hydrogens is 289 g/mol. The number of ketones is 1. The van der Waals surface area contributed by atoms with E-state index >= 15 is 0 Å². The van der Waals surface area contributed by atoms with Gasteiger partial charge in [-0.15, -0.1) is 0 Å². The highest BCUT2D eigenvalue weighted by atomic mass is 31.2. The summed E-state index contributed by atoms with van der Waals surface area (Å²) in [5.41, 5.74) is 7.01. The molecule has 0 aromatic heterocycles. The van der Waals surface area contributed by atoms with Gasteiger partial charge in [0.05, 0.1) is 19.3 Å². The van der Waals surface area contributed by atoms with E-state index in [4.69, 9.17) is 14.8 Å². The third kappa shape index (κ3) is 4.48. The fourth-order valence-corrected chi connectivity index (χ4v) is 4.33. The van der Waals surface area contributed by atoms with Crippen LogP contribution in [0.2, 0.25) is 0 Å². The maximum Gasteiger partial charge on any atom is 0.343 e. The molecule has 0 aliphatic heterocycles. The Labute approximate surface area is 126 Å². The van der Waals surface area contributed by atoms with E-state index in [0.717, 1.165) is 11.1 Å². The number of carbonyl (C=O) groups is 1. The molecule has 2 atom stereocenters. The summed E-state index contributed by atoms with van der Waals surface area (Å²) in [4.78, 5) is 12.0. The fraction of sp³-hybridized carbons (Fsp3) is 0.533. The number of aryl methyl sites for hydroxylation is 1. The van der Waals surface area contributed by atoms with Crippen molar-refractivity contribution in [2.75, 3.05) is 13.2 Å². The van der Waals surface area contributed by atoms with Crippen molar-refractivity contribution in [3.8, 4) is 0 Å². The van der Waals surface area contributed by atoms with Crippen LogP contribution in [0.25, 0.3) is 0 Å². The van der Waals surface area contributed by atoms with Gasteiger partial charge in [-0.25, -0.2) is 0 Å². The second kappa shape index (κ2) is 7.85. The minimum atomic E-state index is -3.59. The van der Waals surface area contributed by atoms with Crippen LogP contribution in [0.4, 0.5) is 0 Å². The Morgan fingerprint density at radius 3 is 2.05 bits per heavy atom. The monoisotopic (exact) mass is 313 g/mol. The molecule has 2 N–H and O–H groups in total. The Balaban J connectivity index is 3.18. The van der Waals surface area contributed by atoms with Crippen molar-refractivity contribution >= 4 is 13.4 Å². The SMILES string of the molecule is CCOP(=O)(OCC)C(C(C)=O)C(N)c1ccc(C)cc1. The first-order chi connectivity index (χ1) is 9.85. The van der Waals surface area contributed by atoms with Gasteiger partial charge in [-0.1, -0.05) is 29.8 Å². The molecule has 0 heterocycles. The second-order valence-corrected chi connectivity index (χ2v) is 7.02. The maximum atomic E-state index is 12.9. The van der Waals surface area contributed by atoms with Crippen LogP contribution in [0.1, 0.15) is 37.9 Å². The molecule has 1 aromatic rings. The van der Waals surface area contributed by atoms with Crippen LogP contribution in [0, 0.1) is 6.92 Å². The van der Waals surface area contributed by atoms with Crippen molar-refractivity contribution in [2.24, 2.45) is 5.73 Å². The zero-order valence-corrected chi connectivity index (χ0v) is 13.9. The predicted octanol–water partition coefficient (Wildman–Crippen LogP) is 3.22. The molecule has 5 nitrogen and oxygen atoms in total. The minimum absolute atomic E-state index is 0.196. The molecule has 0 aliphatic carbocycles. The molecule has 2 unspecified atom stereocenters. The molecule has 1 rings (SSSR count). The van der Waals surface area contributed by atoms with Crippen LogP contribution in [0.15, 0.2) is 24.3 Å². The van der Waals surface area contributed by atoms with Gasteiger partial charge in [0.2, 0.25) is 0 Å². The number of carbonyl (C=O) groups excluding carboxylic acids is 1. The lowest BCUT2D eigenvalue weighted by molar-refractivity contribution is -0.117. The highest BCUT2D eigenvalue weighted by Gasteiger charge is 2.43. The van der Waals surface area contributed by atoms with Gasteiger partial charge in [0.15, 0.2) is 0 Å². The first kappa shape index (κ1) is 18.1. The normalized spacial score (nSPS) is 14.7. The van der Waals surface area contributed by atoms with Crippen LogP contribution in [0.5, 0.6) is 0 Å². The molecule has 0 saturated carbocycles. The van der Waals surface area contributed by atoms with E-state index in [1.54, 1.807) is 13.8 Å². The Morgan fingerprint density at radius 1 is 1.19 bits per heavy atom. The molecule has 0 radical (unpaired) electrons. The molecule has 0 aliphatic rings. The molecule has 118 valence electrons. The summed E-state index contributed by atoms with van der Waals surface area (Å²) >= 11 is 0. The average molecular weight is 313 g/mol. The fourth-order valence-electron chi connectivity index (χ4n) is 2.20. The van der Waals surface area contributed by atoms with Crippen LogP contribution in [-0.2, 0) is 18.4 Å². The summed E-state index contributed by atoms with van der Waals surface area (Å²) < 4.78 is 23.5. The van der Waals surface area contributed by atoms with Crippen molar-refractivity contribution in [3.63, 3.8) is 0 Å². The Hall–Kier alpha value is -1.00. The first-order valence-electron chi connectivity index (χ1n) is 7.07. The van der Waals surface area contributed by atoms with E-state index in [9.17, 15) is 9.36 Å². The molecule has 21 heavy (non-hydrogen) atoms. The number of rotatable bonds is 8. The van der Waals surface area contributed by atoms with E-state index < -0.39 is 19.3 Å². The molecule has 0 spiro atoms. The highest BCUT2D eigenvalue weighted by molar-refractivity contribution is 7.55. The molecule has 0 bridgehead atoms. The Kier molecular flexibility index (Phi) is 6.75. The predicted molar refractivity (Wildman–Crippen MR) is 83.4 cm³/mol. The van der Waals surface area contributed by atoms with Gasteiger partial charge in [0, 0.05) is 0 Å². The number of nitrogens with two attached hydrogens (primary N) is 1. The van der Waals surface area contributed by atoms with Gasteiger partial charge < -0.3 is 14.8 Å².